The summed E-state index contributed by atoms with van der Waals surface area (Å²) in [6, 6.07) is 6.01. The van der Waals surface area contributed by atoms with E-state index < -0.39 is 0 Å². The molecule has 21 heavy (non-hydrogen) atoms. The lowest BCUT2D eigenvalue weighted by Gasteiger charge is -2.21. The zero-order chi connectivity index (χ0) is 15.1. The Morgan fingerprint density at radius 2 is 2.33 bits per heavy atom. The van der Waals surface area contributed by atoms with Crippen molar-refractivity contribution in [3.05, 3.63) is 29.3 Å². The van der Waals surface area contributed by atoms with Gasteiger partial charge in [0.2, 0.25) is 5.91 Å². The second-order valence-electron chi connectivity index (χ2n) is 5.70. The van der Waals surface area contributed by atoms with Crippen molar-refractivity contribution in [1.29, 1.82) is 0 Å². The largest absolute Gasteiger partial charge is 0.496 e. The molecule has 1 N–H and O–H groups in total. The minimum absolute atomic E-state index is 0.111. The van der Waals surface area contributed by atoms with Gasteiger partial charge in [-0.05, 0) is 49.3 Å². The van der Waals surface area contributed by atoms with Crippen molar-refractivity contribution < 1.29 is 14.3 Å². The molecular weight excluding hydrogens is 266 g/mol. The summed E-state index contributed by atoms with van der Waals surface area (Å²) >= 11 is 0. The summed E-state index contributed by atoms with van der Waals surface area (Å²) < 4.78 is 10.7. The lowest BCUT2D eigenvalue weighted by Crippen LogP contribution is -2.25. The van der Waals surface area contributed by atoms with Gasteiger partial charge >= 0.3 is 0 Å². The number of hydrogen-bond acceptors (Lipinski definition) is 3. The summed E-state index contributed by atoms with van der Waals surface area (Å²) in [6.07, 6.45) is 3.80. The van der Waals surface area contributed by atoms with E-state index in [0.29, 0.717) is 18.9 Å². The van der Waals surface area contributed by atoms with Crippen LogP contribution in [0.2, 0.25) is 0 Å². The number of hydrogen-bond donors (Lipinski definition) is 1. The van der Waals surface area contributed by atoms with Crippen LogP contribution < -0.4 is 10.1 Å². The number of rotatable bonds is 6. The van der Waals surface area contributed by atoms with Crippen LogP contribution in [0.4, 0.5) is 0 Å². The fraction of sp³-hybridized carbons (Fsp3) is 0.588. The van der Waals surface area contributed by atoms with Gasteiger partial charge in [0, 0.05) is 26.2 Å². The molecule has 4 nitrogen and oxygen atoms in total. The maximum atomic E-state index is 11.9. The van der Waals surface area contributed by atoms with Crippen molar-refractivity contribution in [2.75, 3.05) is 20.3 Å². The number of benzene rings is 1. The molecule has 1 atom stereocenters. The maximum Gasteiger partial charge on any atom is 0.220 e. The Bertz CT molecular complexity index is 467. The number of nitrogens with one attached hydrogen (secondary N) is 1. The van der Waals surface area contributed by atoms with Crippen LogP contribution in [0, 0.1) is 12.8 Å². The number of carbonyl (C=O) groups is 1. The minimum atomic E-state index is 0.111. The van der Waals surface area contributed by atoms with Crippen LogP contribution in [0.15, 0.2) is 18.2 Å². The Morgan fingerprint density at radius 1 is 1.48 bits per heavy atom. The van der Waals surface area contributed by atoms with Gasteiger partial charge in [0.1, 0.15) is 5.75 Å². The molecule has 0 aliphatic carbocycles. The van der Waals surface area contributed by atoms with Gasteiger partial charge in [-0.3, -0.25) is 4.79 Å². The molecule has 1 saturated heterocycles. The van der Waals surface area contributed by atoms with E-state index in [1.165, 1.54) is 6.42 Å². The van der Waals surface area contributed by atoms with Gasteiger partial charge in [0.05, 0.1) is 7.11 Å². The summed E-state index contributed by atoms with van der Waals surface area (Å²) in [6.45, 7) is 4.24. The third kappa shape index (κ3) is 5.05. The van der Waals surface area contributed by atoms with Crippen LogP contribution in [-0.2, 0) is 16.1 Å². The van der Waals surface area contributed by atoms with E-state index in [9.17, 15) is 4.79 Å². The molecular formula is C17H25NO3. The highest BCUT2D eigenvalue weighted by atomic mass is 16.5. The van der Waals surface area contributed by atoms with Crippen molar-refractivity contribution >= 4 is 5.91 Å². The van der Waals surface area contributed by atoms with E-state index in [4.69, 9.17) is 9.47 Å². The van der Waals surface area contributed by atoms with E-state index in [0.717, 1.165) is 42.9 Å². The number of ether oxygens (including phenoxy) is 2. The summed E-state index contributed by atoms with van der Waals surface area (Å²) in [4.78, 5) is 11.9. The van der Waals surface area contributed by atoms with Gasteiger partial charge in [0.15, 0.2) is 0 Å². The van der Waals surface area contributed by atoms with Crippen LogP contribution in [0.5, 0.6) is 5.75 Å². The molecule has 0 radical (unpaired) electrons. The Morgan fingerprint density at radius 3 is 3.05 bits per heavy atom. The van der Waals surface area contributed by atoms with Crippen molar-refractivity contribution in [1.82, 2.24) is 5.32 Å². The molecule has 2 rings (SSSR count). The Hall–Kier alpha value is -1.55. The molecule has 4 heteroatoms. The highest BCUT2D eigenvalue weighted by Gasteiger charge is 2.15. The van der Waals surface area contributed by atoms with E-state index >= 15 is 0 Å². The quantitative estimate of drug-likeness (QED) is 0.876. The number of aryl methyl sites for hydroxylation is 1. The lowest BCUT2D eigenvalue weighted by molar-refractivity contribution is -0.121. The molecule has 1 amide bonds. The van der Waals surface area contributed by atoms with Crippen molar-refractivity contribution in [3.8, 4) is 5.75 Å². The van der Waals surface area contributed by atoms with Crippen molar-refractivity contribution in [3.63, 3.8) is 0 Å². The monoisotopic (exact) mass is 291 g/mol. The standard InChI is InChI=1S/C17H25NO3/c1-13-5-6-15(10-16(13)20-2)11-18-17(19)8-7-14-4-3-9-21-12-14/h5-6,10,14H,3-4,7-9,11-12H2,1-2H3,(H,18,19)/t14-/m1/s1. The van der Waals surface area contributed by atoms with Crippen LogP contribution in [0.3, 0.4) is 0 Å². The Kier molecular flexibility index (Phi) is 6.05. The molecule has 1 fully saturated rings. The highest BCUT2D eigenvalue weighted by Crippen LogP contribution is 2.20. The first-order valence-corrected chi connectivity index (χ1v) is 7.67. The predicted molar refractivity (Wildman–Crippen MR) is 82.4 cm³/mol. The van der Waals surface area contributed by atoms with Crippen molar-refractivity contribution in [2.45, 2.75) is 39.2 Å². The summed E-state index contributed by atoms with van der Waals surface area (Å²) in [5.41, 5.74) is 2.16. The first-order valence-electron chi connectivity index (χ1n) is 7.67. The molecule has 0 bridgehead atoms. The fourth-order valence-electron chi connectivity index (χ4n) is 2.63. The van der Waals surface area contributed by atoms with E-state index in [2.05, 4.69) is 5.32 Å². The summed E-state index contributed by atoms with van der Waals surface area (Å²) in [5.74, 6) is 1.52. The molecule has 0 aromatic heterocycles. The average Bonchev–Trinajstić information content (AvgIpc) is 2.53. The zero-order valence-electron chi connectivity index (χ0n) is 13.0. The molecule has 1 aromatic rings. The number of methoxy groups -OCH3 is 1. The van der Waals surface area contributed by atoms with E-state index in [-0.39, 0.29) is 5.91 Å². The SMILES string of the molecule is COc1cc(CNC(=O)CC[C@H]2CCCOC2)ccc1C. The highest BCUT2D eigenvalue weighted by molar-refractivity contribution is 5.75. The summed E-state index contributed by atoms with van der Waals surface area (Å²) in [7, 11) is 1.66. The van der Waals surface area contributed by atoms with E-state index in [1.54, 1.807) is 7.11 Å². The smallest absolute Gasteiger partial charge is 0.220 e. The van der Waals surface area contributed by atoms with Gasteiger partial charge < -0.3 is 14.8 Å². The maximum absolute atomic E-state index is 11.9. The molecule has 1 aromatic carbocycles. The number of amides is 1. The fourth-order valence-corrected chi connectivity index (χ4v) is 2.63. The van der Waals surface area contributed by atoms with E-state index in [1.807, 2.05) is 25.1 Å². The molecule has 1 aliphatic heterocycles. The molecule has 0 spiro atoms. The summed E-state index contributed by atoms with van der Waals surface area (Å²) in [5, 5.41) is 2.97. The lowest BCUT2D eigenvalue weighted by atomic mass is 9.97. The van der Waals surface area contributed by atoms with Gasteiger partial charge in [-0.2, -0.15) is 0 Å². The Labute approximate surface area is 126 Å². The first-order chi connectivity index (χ1) is 10.2. The molecule has 1 aliphatic rings. The van der Waals surface area contributed by atoms with Crippen LogP contribution in [0.25, 0.3) is 0 Å². The molecule has 1 heterocycles. The van der Waals surface area contributed by atoms with Crippen LogP contribution >= 0.6 is 0 Å². The van der Waals surface area contributed by atoms with Gasteiger partial charge in [-0.1, -0.05) is 12.1 Å². The second-order valence-corrected chi connectivity index (χ2v) is 5.70. The van der Waals surface area contributed by atoms with Gasteiger partial charge in [-0.25, -0.2) is 0 Å². The van der Waals surface area contributed by atoms with Gasteiger partial charge in [0.25, 0.3) is 0 Å². The zero-order valence-corrected chi connectivity index (χ0v) is 13.0. The normalized spacial score (nSPS) is 18.3. The predicted octanol–water partition coefficient (Wildman–Crippen LogP) is 2.83. The third-order valence-electron chi connectivity index (χ3n) is 4.00. The van der Waals surface area contributed by atoms with Gasteiger partial charge in [-0.15, -0.1) is 0 Å². The molecule has 0 saturated carbocycles. The van der Waals surface area contributed by atoms with Crippen LogP contribution in [-0.4, -0.2) is 26.2 Å². The Balaban J connectivity index is 1.73. The minimum Gasteiger partial charge on any atom is -0.496 e. The second kappa shape index (κ2) is 8.03. The average molecular weight is 291 g/mol. The van der Waals surface area contributed by atoms with Crippen LogP contribution in [0.1, 0.15) is 36.8 Å². The number of carbonyl (C=O) groups excluding carboxylic acids is 1. The third-order valence-corrected chi connectivity index (χ3v) is 4.00. The topological polar surface area (TPSA) is 47.6 Å². The van der Waals surface area contributed by atoms with Crippen molar-refractivity contribution in [2.24, 2.45) is 5.92 Å². The first kappa shape index (κ1) is 15.8. The molecule has 0 unspecified atom stereocenters. The molecule has 116 valence electrons.